The Labute approximate surface area is 156 Å². The van der Waals surface area contributed by atoms with Crippen molar-refractivity contribution in [2.45, 2.75) is 38.1 Å². The maximum absolute atomic E-state index is 12.6. The summed E-state index contributed by atoms with van der Waals surface area (Å²) in [4.78, 5) is 32.7. The van der Waals surface area contributed by atoms with Gasteiger partial charge < -0.3 is 19.3 Å². The van der Waals surface area contributed by atoms with Gasteiger partial charge in [0.05, 0.1) is 0 Å². The SMILES string of the molecule is O=C(O)C1CC2(CCN(c3nc4ccccc4o3)CC2)CN1C(=O)C1CC1. The Morgan fingerprint density at radius 1 is 1.19 bits per heavy atom. The van der Waals surface area contributed by atoms with Crippen LogP contribution in [0.4, 0.5) is 6.01 Å². The topological polar surface area (TPSA) is 86.9 Å². The second kappa shape index (κ2) is 5.97. The maximum atomic E-state index is 12.6. The maximum Gasteiger partial charge on any atom is 0.326 e. The van der Waals surface area contributed by atoms with Gasteiger partial charge in [0.2, 0.25) is 5.91 Å². The van der Waals surface area contributed by atoms with Crippen LogP contribution in [0.2, 0.25) is 0 Å². The summed E-state index contributed by atoms with van der Waals surface area (Å²) >= 11 is 0. The lowest BCUT2D eigenvalue weighted by atomic mass is 9.76. The molecule has 1 N–H and O–H groups in total. The number of carbonyl (C=O) groups is 2. The summed E-state index contributed by atoms with van der Waals surface area (Å²) in [6.07, 6.45) is 4.07. The second-order valence-electron chi connectivity index (χ2n) is 8.25. The summed E-state index contributed by atoms with van der Waals surface area (Å²) in [7, 11) is 0. The van der Waals surface area contributed by atoms with Crippen LogP contribution in [0.3, 0.4) is 0 Å². The summed E-state index contributed by atoms with van der Waals surface area (Å²) in [5.41, 5.74) is 1.53. The molecule has 2 aromatic rings. The van der Waals surface area contributed by atoms with Crippen molar-refractivity contribution in [3.8, 4) is 0 Å². The molecule has 1 atom stereocenters. The Kier molecular flexibility index (Phi) is 3.67. The summed E-state index contributed by atoms with van der Waals surface area (Å²) in [6.45, 7) is 2.11. The Balaban J connectivity index is 1.31. The lowest BCUT2D eigenvalue weighted by molar-refractivity contribution is -0.148. The van der Waals surface area contributed by atoms with E-state index in [4.69, 9.17) is 4.42 Å². The first-order valence-electron chi connectivity index (χ1n) is 9.69. The molecule has 1 aromatic carbocycles. The largest absolute Gasteiger partial charge is 0.480 e. The Morgan fingerprint density at radius 3 is 2.59 bits per heavy atom. The molecule has 1 amide bonds. The summed E-state index contributed by atoms with van der Waals surface area (Å²) in [6, 6.07) is 7.67. The van der Waals surface area contributed by atoms with Gasteiger partial charge in [0.1, 0.15) is 11.6 Å². The van der Waals surface area contributed by atoms with Crippen LogP contribution in [-0.4, -0.2) is 52.5 Å². The van der Waals surface area contributed by atoms with E-state index >= 15 is 0 Å². The molecule has 3 fully saturated rings. The van der Waals surface area contributed by atoms with Crippen molar-refractivity contribution in [1.29, 1.82) is 0 Å². The quantitative estimate of drug-likeness (QED) is 0.895. The van der Waals surface area contributed by atoms with Crippen LogP contribution >= 0.6 is 0 Å². The van der Waals surface area contributed by atoms with Gasteiger partial charge in [0, 0.05) is 25.6 Å². The highest BCUT2D eigenvalue weighted by Crippen LogP contribution is 2.46. The number of rotatable bonds is 3. The number of para-hydroxylation sites is 2. The van der Waals surface area contributed by atoms with Gasteiger partial charge in [0.15, 0.2) is 5.58 Å². The van der Waals surface area contributed by atoms with E-state index in [1.54, 1.807) is 4.90 Å². The molecule has 1 aliphatic carbocycles. The van der Waals surface area contributed by atoms with Gasteiger partial charge in [-0.3, -0.25) is 4.79 Å². The average Bonchev–Trinajstić information content (AvgIpc) is 3.32. The van der Waals surface area contributed by atoms with E-state index < -0.39 is 12.0 Å². The van der Waals surface area contributed by atoms with Crippen LogP contribution in [0.5, 0.6) is 0 Å². The highest BCUT2D eigenvalue weighted by atomic mass is 16.4. The summed E-state index contributed by atoms with van der Waals surface area (Å²) < 4.78 is 5.87. The molecule has 1 spiro atoms. The number of carboxylic acid groups (broad SMARTS) is 1. The smallest absolute Gasteiger partial charge is 0.326 e. The fourth-order valence-electron chi connectivity index (χ4n) is 4.60. The number of aliphatic carboxylic acids is 1. The first-order valence-corrected chi connectivity index (χ1v) is 9.69. The lowest BCUT2D eigenvalue weighted by Crippen LogP contribution is -2.43. The molecule has 0 bridgehead atoms. The Morgan fingerprint density at radius 2 is 1.93 bits per heavy atom. The zero-order valence-electron chi connectivity index (χ0n) is 15.1. The lowest BCUT2D eigenvalue weighted by Gasteiger charge is -2.38. The number of benzene rings is 1. The highest BCUT2D eigenvalue weighted by molar-refractivity contribution is 5.87. The second-order valence-corrected chi connectivity index (χ2v) is 8.25. The van der Waals surface area contributed by atoms with Crippen molar-refractivity contribution in [3.05, 3.63) is 24.3 Å². The van der Waals surface area contributed by atoms with Gasteiger partial charge in [0.25, 0.3) is 6.01 Å². The molecule has 1 unspecified atom stereocenters. The van der Waals surface area contributed by atoms with Crippen molar-refractivity contribution >= 4 is 29.0 Å². The third kappa shape index (κ3) is 2.85. The first-order chi connectivity index (χ1) is 13.0. The molecule has 1 saturated carbocycles. The molecule has 3 aliphatic rings. The van der Waals surface area contributed by atoms with Crippen molar-refractivity contribution in [2.24, 2.45) is 11.3 Å². The number of aromatic nitrogens is 1. The third-order valence-corrected chi connectivity index (χ3v) is 6.38. The minimum atomic E-state index is -0.873. The molecular weight excluding hydrogens is 346 g/mol. The number of likely N-dealkylation sites (tertiary alicyclic amines) is 1. The van der Waals surface area contributed by atoms with Crippen LogP contribution in [-0.2, 0) is 9.59 Å². The van der Waals surface area contributed by atoms with Crippen molar-refractivity contribution in [1.82, 2.24) is 9.88 Å². The van der Waals surface area contributed by atoms with E-state index in [1.165, 1.54) is 0 Å². The molecule has 1 aromatic heterocycles. The van der Waals surface area contributed by atoms with Gasteiger partial charge >= 0.3 is 5.97 Å². The standard InChI is InChI=1S/C20H23N3O4/c24-17(13-5-6-13)23-12-20(11-15(23)18(25)26)7-9-22(10-8-20)19-21-14-3-1-2-4-16(14)27-19/h1-4,13,15H,5-12H2,(H,25,26). The van der Waals surface area contributed by atoms with E-state index in [0.717, 1.165) is 49.9 Å². The van der Waals surface area contributed by atoms with Crippen LogP contribution in [0.15, 0.2) is 28.7 Å². The van der Waals surface area contributed by atoms with Crippen molar-refractivity contribution in [2.75, 3.05) is 24.5 Å². The van der Waals surface area contributed by atoms with Gasteiger partial charge in [-0.2, -0.15) is 4.98 Å². The normalized spacial score (nSPS) is 24.7. The fourth-order valence-corrected chi connectivity index (χ4v) is 4.60. The number of fused-ring (bicyclic) bond motifs is 1. The molecule has 7 nitrogen and oxygen atoms in total. The molecule has 5 rings (SSSR count). The number of carboxylic acids is 1. The van der Waals surface area contributed by atoms with E-state index in [9.17, 15) is 14.7 Å². The molecule has 2 aliphatic heterocycles. The van der Waals surface area contributed by atoms with E-state index in [0.29, 0.717) is 19.0 Å². The molecule has 142 valence electrons. The minimum Gasteiger partial charge on any atom is -0.480 e. The van der Waals surface area contributed by atoms with Crippen molar-refractivity contribution in [3.63, 3.8) is 0 Å². The minimum absolute atomic E-state index is 0.0423. The molecule has 27 heavy (non-hydrogen) atoms. The number of hydrogen-bond donors (Lipinski definition) is 1. The van der Waals surface area contributed by atoms with Gasteiger partial charge in [-0.1, -0.05) is 12.1 Å². The zero-order valence-corrected chi connectivity index (χ0v) is 15.1. The van der Waals surface area contributed by atoms with Crippen molar-refractivity contribution < 1.29 is 19.1 Å². The number of anilines is 1. The molecule has 0 radical (unpaired) electrons. The van der Waals surface area contributed by atoms with Crippen LogP contribution < -0.4 is 4.90 Å². The number of nitrogens with zero attached hydrogens (tertiary/aromatic N) is 3. The van der Waals surface area contributed by atoms with Gasteiger partial charge in [-0.05, 0) is 49.7 Å². The highest BCUT2D eigenvalue weighted by Gasteiger charge is 2.52. The zero-order chi connectivity index (χ0) is 18.6. The van der Waals surface area contributed by atoms with E-state index in [-0.39, 0.29) is 17.2 Å². The average molecular weight is 369 g/mol. The van der Waals surface area contributed by atoms with Gasteiger partial charge in [-0.25, -0.2) is 4.79 Å². The number of amides is 1. The molecule has 2 saturated heterocycles. The summed E-state index contributed by atoms with van der Waals surface area (Å²) in [5.74, 6) is -0.773. The van der Waals surface area contributed by atoms with E-state index in [2.05, 4.69) is 9.88 Å². The van der Waals surface area contributed by atoms with Crippen LogP contribution in [0.25, 0.3) is 11.1 Å². The number of hydrogen-bond acceptors (Lipinski definition) is 5. The Bertz CT molecular complexity index is 863. The predicted octanol–water partition coefficient (Wildman–Crippen LogP) is 2.51. The monoisotopic (exact) mass is 369 g/mol. The molecule has 3 heterocycles. The van der Waals surface area contributed by atoms with Crippen LogP contribution in [0, 0.1) is 11.3 Å². The fraction of sp³-hybridized carbons (Fsp3) is 0.550. The molecule has 7 heteroatoms. The third-order valence-electron chi connectivity index (χ3n) is 6.38. The summed E-state index contributed by atoms with van der Waals surface area (Å²) in [5, 5.41) is 9.63. The molecular formula is C20H23N3O4. The number of oxazole rings is 1. The Hall–Kier alpha value is -2.57. The van der Waals surface area contributed by atoms with Crippen LogP contribution in [0.1, 0.15) is 32.1 Å². The van der Waals surface area contributed by atoms with Gasteiger partial charge in [-0.15, -0.1) is 0 Å². The van der Waals surface area contributed by atoms with E-state index in [1.807, 2.05) is 24.3 Å². The number of carbonyl (C=O) groups excluding carboxylic acids is 1. The number of piperidine rings is 1. The predicted molar refractivity (Wildman–Crippen MR) is 98.4 cm³/mol. The first kappa shape index (κ1) is 16.6.